The van der Waals surface area contributed by atoms with Crippen molar-refractivity contribution in [3.8, 4) is 0 Å². The molecule has 0 spiro atoms. The first-order valence-electron chi connectivity index (χ1n) is 6.68. The molecule has 1 aromatic carbocycles. The maximum Gasteiger partial charge on any atom is 0.338 e. The summed E-state index contributed by atoms with van der Waals surface area (Å²) in [5, 5.41) is 9.19. The molecule has 6 heteroatoms. The van der Waals surface area contributed by atoms with Gasteiger partial charge in [-0.3, -0.25) is 0 Å². The number of hydrogen-bond donors (Lipinski definition) is 1. The number of oxazole rings is 1. The van der Waals surface area contributed by atoms with Gasteiger partial charge in [-0.25, -0.2) is 4.79 Å². The fraction of sp³-hybridized carbons (Fsp3) is 0.429. The summed E-state index contributed by atoms with van der Waals surface area (Å²) in [6.07, 6.45) is 0.921. The van der Waals surface area contributed by atoms with Crippen molar-refractivity contribution in [2.45, 2.75) is 19.4 Å². The van der Waals surface area contributed by atoms with Crippen molar-refractivity contribution in [2.24, 2.45) is 0 Å². The van der Waals surface area contributed by atoms with Gasteiger partial charge in [-0.1, -0.05) is 13.0 Å². The molecule has 1 aliphatic heterocycles. The van der Waals surface area contributed by atoms with E-state index in [4.69, 9.17) is 9.15 Å². The lowest BCUT2D eigenvalue weighted by Gasteiger charge is -2.33. The number of carboxylic acid groups (broad SMARTS) is 1. The lowest BCUT2D eigenvalue weighted by Crippen LogP contribution is -2.45. The number of aromatic carboxylic acids is 1. The summed E-state index contributed by atoms with van der Waals surface area (Å²) < 4.78 is 11.2. The second kappa shape index (κ2) is 5.13. The first kappa shape index (κ1) is 12.9. The maximum atomic E-state index is 11.2. The van der Waals surface area contributed by atoms with Gasteiger partial charge in [-0.05, 0) is 18.6 Å². The van der Waals surface area contributed by atoms with Crippen LogP contribution in [0.15, 0.2) is 22.6 Å². The van der Waals surface area contributed by atoms with Crippen molar-refractivity contribution in [2.75, 3.05) is 24.7 Å². The Balaban J connectivity index is 2.04. The molecule has 1 aliphatic rings. The van der Waals surface area contributed by atoms with Crippen molar-refractivity contribution in [3.63, 3.8) is 0 Å². The number of ether oxygens (including phenoxy) is 1. The van der Waals surface area contributed by atoms with Gasteiger partial charge in [0.15, 0.2) is 5.58 Å². The summed E-state index contributed by atoms with van der Waals surface area (Å²) in [4.78, 5) is 17.6. The van der Waals surface area contributed by atoms with Crippen molar-refractivity contribution in [1.82, 2.24) is 4.98 Å². The molecule has 1 N–H and O–H groups in total. The number of anilines is 1. The zero-order chi connectivity index (χ0) is 14.1. The lowest BCUT2D eigenvalue weighted by atomic mass is 10.2. The molecule has 1 aromatic heterocycles. The lowest BCUT2D eigenvalue weighted by molar-refractivity contribution is 0.0698. The maximum absolute atomic E-state index is 11.2. The van der Waals surface area contributed by atoms with E-state index in [1.54, 1.807) is 12.1 Å². The zero-order valence-corrected chi connectivity index (χ0v) is 11.2. The molecule has 1 saturated heterocycles. The molecule has 0 bridgehead atoms. The van der Waals surface area contributed by atoms with E-state index >= 15 is 0 Å². The number of benzene rings is 1. The number of para-hydroxylation sites is 1. The van der Waals surface area contributed by atoms with Crippen LogP contribution in [0.2, 0.25) is 0 Å². The van der Waals surface area contributed by atoms with Gasteiger partial charge in [0, 0.05) is 6.54 Å². The van der Waals surface area contributed by atoms with Gasteiger partial charge in [0.05, 0.1) is 24.8 Å². The van der Waals surface area contributed by atoms with Crippen LogP contribution in [0.5, 0.6) is 0 Å². The van der Waals surface area contributed by atoms with Gasteiger partial charge in [0.1, 0.15) is 5.52 Å². The van der Waals surface area contributed by atoms with E-state index in [-0.39, 0.29) is 11.6 Å². The minimum atomic E-state index is -0.996. The van der Waals surface area contributed by atoms with E-state index in [1.807, 2.05) is 0 Å². The molecular weight excluding hydrogens is 260 g/mol. The summed E-state index contributed by atoms with van der Waals surface area (Å²) in [6.45, 7) is 4.05. The van der Waals surface area contributed by atoms with Crippen LogP contribution in [0.1, 0.15) is 23.7 Å². The van der Waals surface area contributed by atoms with E-state index in [0.29, 0.717) is 36.9 Å². The highest BCUT2D eigenvalue weighted by Gasteiger charge is 2.26. The van der Waals surface area contributed by atoms with Crippen molar-refractivity contribution < 1.29 is 19.1 Å². The summed E-state index contributed by atoms with van der Waals surface area (Å²) in [5.41, 5.74) is 1.07. The Kier molecular flexibility index (Phi) is 3.31. The summed E-state index contributed by atoms with van der Waals surface area (Å²) in [7, 11) is 0. The molecule has 0 aliphatic carbocycles. The molecule has 6 nitrogen and oxygen atoms in total. The monoisotopic (exact) mass is 276 g/mol. The number of carboxylic acids is 1. The first-order valence-corrected chi connectivity index (χ1v) is 6.68. The van der Waals surface area contributed by atoms with Crippen molar-refractivity contribution >= 4 is 23.1 Å². The fourth-order valence-corrected chi connectivity index (χ4v) is 2.48. The van der Waals surface area contributed by atoms with Crippen LogP contribution in [0.4, 0.5) is 6.01 Å². The SMILES string of the molecule is CC[C@H]1COCCN1c1nc2c(C(=O)O)cccc2o1. The molecule has 3 rings (SSSR count). The van der Waals surface area contributed by atoms with E-state index < -0.39 is 5.97 Å². The third kappa shape index (κ3) is 2.12. The smallest absolute Gasteiger partial charge is 0.338 e. The number of rotatable bonds is 3. The van der Waals surface area contributed by atoms with Crippen LogP contribution < -0.4 is 4.90 Å². The van der Waals surface area contributed by atoms with Crippen LogP contribution in [0.3, 0.4) is 0 Å². The predicted molar refractivity (Wildman–Crippen MR) is 73.2 cm³/mol. The Hall–Kier alpha value is -2.08. The van der Waals surface area contributed by atoms with E-state index in [2.05, 4.69) is 16.8 Å². The van der Waals surface area contributed by atoms with E-state index in [0.717, 1.165) is 6.42 Å². The van der Waals surface area contributed by atoms with Crippen LogP contribution in [0.25, 0.3) is 11.1 Å². The molecule has 2 heterocycles. The summed E-state index contributed by atoms with van der Waals surface area (Å²) >= 11 is 0. The molecule has 0 amide bonds. The number of nitrogens with zero attached hydrogens (tertiary/aromatic N) is 2. The van der Waals surface area contributed by atoms with Gasteiger partial charge in [-0.15, -0.1) is 0 Å². The topological polar surface area (TPSA) is 75.8 Å². The number of carbonyl (C=O) groups is 1. The number of morpholine rings is 1. The largest absolute Gasteiger partial charge is 0.478 e. The Morgan fingerprint density at radius 3 is 3.15 bits per heavy atom. The van der Waals surface area contributed by atoms with Crippen molar-refractivity contribution in [3.05, 3.63) is 23.8 Å². The quantitative estimate of drug-likeness (QED) is 0.925. The number of fused-ring (bicyclic) bond motifs is 1. The average molecular weight is 276 g/mol. The second-order valence-corrected chi connectivity index (χ2v) is 4.78. The van der Waals surface area contributed by atoms with Gasteiger partial charge in [0.25, 0.3) is 6.01 Å². The van der Waals surface area contributed by atoms with Gasteiger partial charge in [-0.2, -0.15) is 4.98 Å². The van der Waals surface area contributed by atoms with E-state index in [1.165, 1.54) is 6.07 Å². The number of aromatic nitrogens is 1. The Labute approximate surface area is 116 Å². The third-order valence-electron chi connectivity index (χ3n) is 3.58. The molecule has 0 radical (unpaired) electrons. The Morgan fingerprint density at radius 2 is 2.40 bits per heavy atom. The molecule has 0 saturated carbocycles. The highest BCUT2D eigenvalue weighted by molar-refractivity contribution is 6.00. The van der Waals surface area contributed by atoms with Gasteiger partial charge >= 0.3 is 5.97 Å². The molecular formula is C14H16N2O4. The Bertz CT molecular complexity index is 637. The van der Waals surface area contributed by atoms with Crippen LogP contribution in [-0.2, 0) is 4.74 Å². The highest BCUT2D eigenvalue weighted by atomic mass is 16.5. The zero-order valence-electron chi connectivity index (χ0n) is 11.2. The van der Waals surface area contributed by atoms with Crippen LogP contribution in [0, 0.1) is 0 Å². The van der Waals surface area contributed by atoms with E-state index in [9.17, 15) is 9.90 Å². The third-order valence-corrected chi connectivity index (χ3v) is 3.58. The Morgan fingerprint density at radius 1 is 1.55 bits per heavy atom. The van der Waals surface area contributed by atoms with Crippen LogP contribution >= 0.6 is 0 Å². The molecule has 1 atom stereocenters. The van der Waals surface area contributed by atoms with Gasteiger partial charge < -0.3 is 19.2 Å². The molecule has 2 aromatic rings. The predicted octanol–water partition coefficient (Wildman–Crippen LogP) is 2.14. The minimum absolute atomic E-state index is 0.166. The standard InChI is InChI=1S/C14H16N2O4/c1-2-9-8-19-7-6-16(9)14-15-12-10(13(17)18)4-3-5-11(12)20-14/h3-5,9H,2,6-8H2,1H3,(H,17,18)/t9-/m0/s1. The average Bonchev–Trinajstić information content (AvgIpc) is 2.90. The second-order valence-electron chi connectivity index (χ2n) is 4.78. The summed E-state index contributed by atoms with van der Waals surface area (Å²) in [6, 6.07) is 5.62. The molecule has 20 heavy (non-hydrogen) atoms. The molecule has 1 fully saturated rings. The normalized spacial score (nSPS) is 19.4. The molecule has 106 valence electrons. The first-order chi connectivity index (χ1) is 9.70. The minimum Gasteiger partial charge on any atom is -0.478 e. The van der Waals surface area contributed by atoms with Gasteiger partial charge in [0.2, 0.25) is 0 Å². The van der Waals surface area contributed by atoms with Crippen molar-refractivity contribution in [1.29, 1.82) is 0 Å². The summed E-state index contributed by atoms with van der Waals surface area (Å²) in [5.74, 6) is -0.996. The molecule has 0 unspecified atom stereocenters. The number of hydrogen-bond acceptors (Lipinski definition) is 5. The highest BCUT2D eigenvalue weighted by Crippen LogP contribution is 2.27. The fourth-order valence-electron chi connectivity index (χ4n) is 2.48. The van der Waals surface area contributed by atoms with Crippen LogP contribution in [-0.4, -0.2) is 41.9 Å².